The molecule has 0 spiro atoms. The fraction of sp³-hybridized carbons (Fsp3) is 0.583. The molecular weight excluding hydrogens is 565 g/mol. The Morgan fingerprint density at radius 1 is 1.05 bits per heavy atom. The molecule has 12 nitrogen and oxygen atoms in total. The van der Waals surface area contributed by atoms with Gasteiger partial charge in [0.25, 0.3) is 0 Å². The van der Waals surface area contributed by atoms with Gasteiger partial charge in [-0.3, -0.25) is 9.59 Å². The molecule has 214 valence electrons. The highest BCUT2D eigenvalue weighted by atomic mass is 32.2. The SMILES string of the molecule is C=C(CCC(=O)Nc1nnc(CCSCCc2nnc(NC(=O)CC3OC(C)(C)OC3=C)s2)s1)OC(C)(C)O. The van der Waals surface area contributed by atoms with Crippen molar-refractivity contribution >= 4 is 56.5 Å². The average molecular weight is 599 g/mol. The summed E-state index contributed by atoms with van der Waals surface area (Å²) in [6.45, 7) is 14.0. The Labute approximate surface area is 239 Å². The number of anilines is 2. The summed E-state index contributed by atoms with van der Waals surface area (Å²) in [5, 5.41) is 34.0. The van der Waals surface area contributed by atoms with Crippen molar-refractivity contribution in [2.24, 2.45) is 0 Å². The summed E-state index contributed by atoms with van der Waals surface area (Å²) < 4.78 is 16.4. The Balaban J connectivity index is 1.29. The van der Waals surface area contributed by atoms with E-state index in [1.165, 1.54) is 36.5 Å². The van der Waals surface area contributed by atoms with Gasteiger partial charge in [0.15, 0.2) is 0 Å². The van der Waals surface area contributed by atoms with Crippen molar-refractivity contribution in [1.29, 1.82) is 0 Å². The first kappa shape index (κ1) is 30.9. The molecule has 0 radical (unpaired) electrons. The summed E-state index contributed by atoms with van der Waals surface area (Å²) >= 11 is 4.42. The van der Waals surface area contributed by atoms with Gasteiger partial charge in [-0.1, -0.05) is 35.8 Å². The third kappa shape index (κ3) is 11.2. The van der Waals surface area contributed by atoms with Gasteiger partial charge in [-0.2, -0.15) is 11.8 Å². The number of nitrogens with one attached hydrogen (secondary N) is 2. The largest absolute Gasteiger partial charge is 0.468 e. The smallest absolute Gasteiger partial charge is 0.229 e. The van der Waals surface area contributed by atoms with Crippen molar-refractivity contribution in [1.82, 2.24) is 20.4 Å². The van der Waals surface area contributed by atoms with Crippen LogP contribution in [0, 0.1) is 0 Å². The first-order chi connectivity index (χ1) is 18.3. The van der Waals surface area contributed by atoms with Crippen LogP contribution < -0.4 is 10.6 Å². The Kier molecular flexibility index (Phi) is 10.8. The number of rotatable bonds is 15. The first-order valence-corrected chi connectivity index (χ1v) is 15.0. The number of hydrogen-bond donors (Lipinski definition) is 3. The van der Waals surface area contributed by atoms with E-state index in [1.807, 2.05) is 0 Å². The topological polar surface area (TPSA) is 158 Å². The van der Waals surface area contributed by atoms with Crippen LogP contribution in [0.5, 0.6) is 0 Å². The molecule has 2 aromatic heterocycles. The molecule has 39 heavy (non-hydrogen) atoms. The molecule has 1 fully saturated rings. The minimum atomic E-state index is -1.33. The van der Waals surface area contributed by atoms with Crippen molar-refractivity contribution in [3.8, 4) is 0 Å². The number of aromatic nitrogens is 4. The Morgan fingerprint density at radius 3 is 2.13 bits per heavy atom. The van der Waals surface area contributed by atoms with Crippen LogP contribution in [0.3, 0.4) is 0 Å². The number of amides is 2. The second-order valence-electron chi connectivity index (χ2n) is 9.58. The predicted octanol–water partition coefficient (Wildman–Crippen LogP) is 3.88. The molecule has 1 aliphatic heterocycles. The molecule has 1 unspecified atom stereocenters. The zero-order chi connectivity index (χ0) is 28.6. The number of nitrogens with zero attached hydrogens (tertiary/aromatic N) is 4. The number of hydrogen-bond acceptors (Lipinski definition) is 13. The van der Waals surface area contributed by atoms with Crippen LogP contribution in [0.25, 0.3) is 0 Å². The van der Waals surface area contributed by atoms with Crippen molar-refractivity contribution in [3.63, 3.8) is 0 Å². The third-order valence-corrected chi connectivity index (χ3v) is 7.69. The van der Waals surface area contributed by atoms with Crippen LogP contribution in [0.15, 0.2) is 24.7 Å². The molecule has 15 heteroatoms. The minimum absolute atomic E-state index is 0.0951. The van der Waals surface area contributed by atoms with E-state index in [0.717, 1.165) is 34.4 Å². The number of aryl methyl sites for hydroxylation is 2. The van der Waals surface area contributed by atoms with E-state index in [0.29, 0.717) is 28.2 Å². The van der Waals surface area contributed by atoms with Crippen LogP contribution in [0.4, 0.5) is 10.3 Å². The van der Waals surface area contributed by atoms with Crippen molar-refractivity contribution in [2.45, 2.75) is 77.5 Å². The second kappa shape index (κ2) is 13.7. The van der Waals surface area contributed by atoms with E-state index in [9.17, 15) is 14.7 Å². The van der Waals surface area contributed by atoms with Gasteiger partial charge in [0.1, 0.15) is 21.9 Å². The molecule has 3 N–H and O–H groups in total. The van der Waals surface area contributed by atoms with Crippen LogP contribution >= 0.6 is 34.4 Å². The van der Waals surface area contributed by atoms with Crippen LogP contribution in [0.1, 0.15) is 57.0 Å². The van der Waals surface area contributed by atoms with E-state index in [-0.39, 0.29) is 24.7 Å². The average Bonchev–Trinajstić information content (AvgIpc) is 3.50. The van der Waals surface area contributed by atoms with Gasteiger partial charge in [-0.25, -0.2) is 0 Å². The van der Waals surface area contributed by atoms with E-state index >= 15 is 0 Å². The molecule has 1 saturated heterocycles. The molecule has 1 atom stereocenters. The lowest BCUT2D eigenvalue weighted by atomic mass is 10.2. The third-order valence-electron chi connectivity index (χ3n) is 4.90. The maximum absolute atomic E-state index is 12.3. The fourth-order valence-corrected chi connectivity index (χ4v) is 6.03. The fourth-order valence-electron chi connectivity index (χ4n) is 3.38. The van der Waals surface area contributed by atoms with Gasteiger partial charge in [0.05, 0.1) is 12.2 Å². The summed E-state index contributed by atoms with van der Waals surface area (Å²) in [5.41, 5.74) is 0. The summed E-state index contributed by atoms with van der Waals surface area (Å²) in [6, 6.07) is 0. The standard InChI is InChI=1S/C24H34N6O6S3/c1-14(34-23(3,4)33)7-8-17(31)25-21-29-27-19(38-21)9-11-37-12-10-20-28-30-22(39-20)26-18(32)13-16-15(2)35-24(5,6)36-16/h16,33H,1-2,7-13H2,3-6H3,(H,25,29,31)(H,26,30,32). The Hall–Kier alpha value is -2.59. The molecule has 0 aliphatic carbocycles. The molecule has 3 heterocycles. The Bertz CT molecular complexity index is 1180. The highest BCUT2D eigenvalue weighted by molar-refractivity contribution is 7.99. The molecule has 2 amide bonds. The van der Waals surface area contributed by atoms with Gasteiger partial charge in [0.2, 0.25) is 33.7 Å². The first-order valence-electron chi connectivity index (χ1n) is 12.2. The molecule has 3 rings (SSSR count). The van der Waals surface area contributed by atoms with Gasteiger partial charge in [0, 0.05) is 53.4 Å². The number of thioether (sulfide) groups is 1. The van der Waals surface area contributed by atoms with Crippen molar-refractivity contribution in [2.75, 3.05) is 22.1 Å². The van der Waals surface area contributed by atoms with E-state index < -0.39 is 17.7 Å². The van der Waals surface area contributed by atoms with Crippen molar-refractivity contribution < 1.29 is 28.9 Å². The molecule has 2 aromatic rings. The molecule has 0 bridgehead atoms. The van der Waals surface area contributed by atoms with Gasteiger partial charge in [-0.05, 0) is 11.5 Å². The normalized spacial score (nSPS) is 16.5. The number of carbonyl (C=O) groups excluding carboxylic acids is 2. The summed E-state index contributed by atoms with van der Waals surface area (Å²) in [7, 11) is 0. The highest BCUT2D eigenvalue weighted by Crippen LogP contribution is 2.31. The number of aliphatic hydroxyl groups is 1. The van der Waals surface area contributed by atoms with E-state index in [1.54, 1.807) is 25.6 Å². The maximum Gasteiger partial charge on any atom is 0.229 e. The monoisotopic (exact) mass is 598 g/mol. The second-order valence-corrected chi connectivity index (χ2v) is 12.9. The molecular formula is C24H34N6O6S3. The van der Waals surface area contributed by atoms with Gasteiger partial charge >= 0.3 is 0 Å². The number of ether oxygens (including phenoxy) is 3. The van der Waals surface area contributed by atoms with Crippen LogP contribution in [0.2, 0.25) is 0 Å². The summed E-state index contributed by atoms with van der Waals surface area (Å²) in [6.07, 6.45) is 1.51. The lowest BCUT2D eigenvalue weighted by molar-refractivity contribution is -0.149. The lowest BCUT2D eigenvalue weighted by Gasteiger charge is -2.21. The molecule has 0 aromatic carbocycles. The molecule has 0 saturated carbocycles. The highest BCUT2D eigenvalue weighted by Gasteiger charge is 2.37. The summed E-state index contributed by atoms with van der Waals surface area (Å²) in [5.74, 6) is -0.123. The van der Waals surface area contributed by atoms with Gasteiger partial charge < -0.3 is 30.0 Å². The quantitative estimate of drug-likeness (QED) is 0.155. The Morgan fingerprint density at radius 2 is 1.62 bits per heavy atom. The number of allylic oxidation sites excluding steroid dienone is 1. The molecule has 1 aliphatic rings. The maximum atomic E-state index is 12.3. The zero-order valence-corrected chi connectivity index (χ0v) is 24.9. The number of carbonyl (C=O) groups is 2. The predicted molar refractivity (Wildman–Crippen MR) is 151 cm³/mol. The minimum Gasteiger partial charge on any atom is -0.468 e. The van der Waals surface area contributed by atoms with Gasteiger partial charge in [-0.15, -0.1) is 20.4 Å². The van der Waals surface area contributed by atoms with Crippen LogP contribution in [-0.2, 0) is 36.6 Å². The van der Waals surface area contributed by atoms with E-state index in [2.05, 4.69) is 44.2 Å². The van der Waals surface area contributed by atoms with Crippen molar-refractivity contribution in [3.05, 3.63) is 34.7 Å². The zero-order valence-electron chi connectivity index (χ0n) is 22.4. The summed E-state index contributed by atoms with van der Waals surface area (Å²) in [4.78, 5) is 24.4. The lowest BCUT2D eigenvalue weighted by Crippen LogP contribution is -2.24. The van der Waals surface area contributed by atoms with Crippen LogP contribution in [-0.4, -0.2) is 66.5 Å². The van der Waals surface area contributed by atoms with E-state index in [4.69, 9.17) is 14.2 Å².